The number of carbonyl (C=O) groups excluding carboxylic acids is 2. The van der Waals surface area contributed by atoms with Crippen molar-refractivity contribution in [3.05, 3.63) is 0 Å². The molecule has 0 aromatic rings. The Bertz CT molecular complexity index is 300. The van der Waals surface area contributed by atoms with E-state index in [2.05, 4.69) is 5.16 Å². The van der Waals surface area contributed by atoms with E-state index in [-0.39, 0.29) is 30.6 Å². The molecule has 0 saturated carbocycles. The van der Waals surface area contributed by atoms with E-state index in [9.17, 15) is 9.59 Å². The summed E-state index contributed by atoms with van der Waals surface area (Å²) < 4.78 is 0. The molecule has 0 aromatic carbocycles. The molecule has 0 atom stereocenters. The Balaban J connectivity index is 4.29. The van der Waals surface area contributed by atoms with Gasteiger partial charge in [0.15, 0.2) is 0 Å². The lowest BCUT2D eigenvalue weighted by Crippen LogP contribution is -2.41. The van der Waals surface area contributed by atoms with E-state index in [4.69, 9.17) is 10.9 Å². The van der Waals surface area contributed by atoms with Crippen LogP contribution in [0.5, 0.6) is 0 Å². The molecule has 0 fully saturated rings. The fraction of sp³-hybridized carbons (Fsp3) is 0.700. The summed E-state index contributed by atoms with van der Waals surface area (Å²) in [5.74, 6) is -0.650. The van der Waals surface area contributed by atoms with Gasteiger partial charge in [-0.05, 0) is 13.8 Å². The summed E-state index contributed by atoms with van der Waals surface area (Å²) in [4.78, 5) is 26.1. The van der Waals surface area contributed by atoms with Crippen LogP contribution in [0.25, 0.3) is 0 Å². The second-order valence-electron chi connectivity index (χ2n) is 3.58. The molecule has 0 aromatic heterocycles. The third kappa shape index (κ3) is 5.19. The van der Waals surface area contributed by atoms with Gasteiger partial charge in [-0.15, -0.1) is 0 Å². The van der Waals surface area contributed by atoms with Crippen molar-refractivity contribution in [3.8, 4) is 0 Å². The first-order chi connectivity index (χ1) is 7.96. The number of oxime groups is 1. The molecular weight excluding hydrogens is 224 g/mol. The Morgan fingerprint density at radius 2 is 1.76 bits per heavy atom. The summed E-state index contributed by atoms with van der Waals surface area (Å²) in [5.41, 5.74) is 5.21. The first kappa shape index (κ1) is 15.2. The predicted molar refractivity (Wildman–Crippen MR) is 63.6 cm³/mol. The normalized spacial score (nSPS) is 11.1. The van der Waals surface area contributed by atoms with Crippen molar-refractivity contribution in [2.75, 3.05) is 26.7 Å². The van der Waals surface area contributed by atoms with E-state index < -0.39 is 0 Å². The largest absolute Gasteiger partial charge is 0.409 e. The summed E-state index contributed by atoms with van der Waals surface area (Å²) in [6.07, 6.45) is -0.196. The average Bonchev–Trinajstić information content (AvgIpc) is 2.30. The van der Waals surface area contributed by atoms with Crippen LogP contribution in [0.15, 0.2) is 5.16 Å². The van der Waals surface area contributed by atoms with Gasteiger partial charge in [0.2, 0.25) is 11.8 Å². The van der Waals surface area contributed by atoms with Crippen LogP contribution < -0.4 is 5.73 Å². The van der Waals surface area contributed by atoms with Crippen molar-refractivity contribution in [1.29, 1.82) is 0 Å². The number of hydrogen-bond acceptors (Lipinski definition) is 4. The van der Waals surface area contributed by atoms with Crippen molar-refractivity contribution < 1.29 is 14.8 Å². The van der Waals surface area contributed by atoms with E-state index >= 15 is 0 Å². The molecule has 3 N–H and O–H groups in total. The second-order valence-corrected chi connectivity index (χ2v) is 3.58. The lowest BCUT2D eigenvalue weighted by molar-refractivity contribution is -0.138. The molecule has 98 valence electrons. The van der Waals surface area contributed by atoms with Gasteiger partial charge in [0, 0.05) is 20.1 Å². The molecule has 0 heterocycles. The van der Waals surface area contributed by atoms with E-state index in [1.54, 1.807) is 4.90 Å². The molecule has 7 heteroatoms. The molecule has 0 saturated heterocycles. The van der Waals surface area contributed by atoms with Crippen molar-refractivity contribution in [2.24, 2.45) is 10.9 Å². The highest BCUT2D eigenvalue weighted by Crippen LogP contribution is 1.95. The Morgan fingerprint density at radius 1 is 1.24 bits per heavy atom. The summed E-state index contributed by atoms with van der Waals surface area (Å²) in [6, 6.07) is 0. The number of hydrogen-bond donors (Lipinski definition) is 2. The van der Waals surface area contributed by atoms with Gasteiger partial charge >= 0.3 is 0 Å². The Hall–Kier alpha value is -1.79. The number of likely N-dealkylation sites (N-methyl/N-ethyl adjacent to an activating group) is 2. The maximum Gasteiger partial charge on any atom is 0.242 e. The molecule has 0 unspecified atom stereocenters. The van der Waals surface area contributed by atoms with Crippen LogP contribution in [0.4, 0.5) is 0 Å². The molecule has 0 aliphatic heterocycles. The standard InChI is InChI=1S/C10H20N4O3/c1-4-14(5-2)10(16)7-13(3)9(15)6-8(11)12-17/h17H,4-7H2,1-3H3,(H2,11,12). The van der Waals surface area contributed by atoms with E-state index in [1.807, 2.05) is 13.8 Å². The zero-order chi connectivity index (χ0) is 13.4. The predicted octanol–water partition coefficient (Wildman–Crippen LogP) is -0.550. The summed E-state index contributed by atoms with van der Waals surface area (Å²) >= 11 is 0. The van der Waals surface area contributed by atoms with Gasteiger partial charge in [-0.25, -0.2) is 0 Å². The first-order valence-electron chi connectivity index (χ1n) is 5.44. The maximum absolute atomic E-state index is 11.7. The average molecular weight is 244 g/mol. The summed E-state index contributed by atoms with van der Waals surface area (Å²) in [5, 5.41) is 11.0. The van der Waals surface area contributed by atoms with Crippen LogP contribution in [0, 0.1) is 0 Å². The molecule has 0 spiro atoms. The minimum absolute atomic E-state index is 0.000772. The number of rotatable bonds is 6. The van der Waals surface area contributed by atoms with Crippen molar-refractivity contribution in [1.82, 2.24) is 9.80 Å². The number of nitrogens with zero attached hydrogens (tertiary/aromatic N) is 3. The van der Waals surface area contributed by atoms with Crippen LogP contribution in [-0.4, -0.2) is 59.3 Å². The molecule has 2 amide bonds. The van der Waals surface area contributed by atoms with Crippen molar-refractivity contribution >= 4 is 17.6 Å². The Morgan fingerprint density at radius 3 is 2.18 bits per heavy atom. The minimum Gasteiger partial charge on any atom is -0.409 e. The molecule has 7 nitrogen and oxygen atoms in total. The van der Waals surface area contributed by atoms with E-state index in [1.165, 1.54) is 11.9 Å². The number of amides is 2. The third-order valence-electron chi connectivity index (χ3n) is 2.38. The molecule has 0 aliphatic rings. The number of nitrogens with two attached hydrogens (primary N) is 1. The van der Waals surface area contributed by atoms with Gasteiger partial charge in [-0.2, -0.15) is 0 Å². The highest BCUT2D eigenvalue weighted by atomic mass is 16.4. The minimum atomic E-state index is -0.360. The molecule has 0 rings (SSSR count). The Labute approximate surface area is 101 Å². The van der Waals surface area contributed by atoms with Crippen LogP contribution in [0.2, 0.25) is 0 Å². The lowest BCUT2D eigenvalue weighted by atomic mass is 10.3. The zero-order valence-corrected chi connectivity index (χ0v) is 10.5. The lowest BCUT2D eigenvalue weighted by Gasteiger charge is -2.23. The topological polar surface area (TPSA) is 99.2 Å². The summed E-state index contributed by atoms with van der Waals surface area (Å²) in [7, 11) is 1.51. The fourth-order valence-corrected chi connectivity index (χ4v) is 1.29. The monoisotopic (exact) mass is 244 g/mol. The third-order valence-corrected chi connectivity index (χ3v) is 2.38. The van der Waals surface area contributed by atoms with Gasteiger partial charge in [0.25, 0.3) is 0 Å². The van der Waals surface area contributed by atoms with Crippen molar-refractivity contribution in [2.45, 2.75) is 20.3 Å². The zero-order valence-electron chi connectivity index (χ0n) is 10.5. The maximum atomic E-state index is 11.7. The smallest absolute Gasteiger partial charge is 0.242 e. The van der Waals surface area contributed by atoms with E-state index in [0.717, 1.165) is 0 Å². The van der Waals surface area contributed by atoms with Gasteiger partial charge in [0.05, 0.1) is 13.0 Å². The van der Waals surface area contributed by atoms with Gasteiger partial charge < -0.3 is 20.7 Å². The molecular formula is C10H20N4O3. The van der Waals surface area contributed by atoms with Crippen LogP contribution >= 0.6 is 0 Å². The molecule has 0 bridgehead atoms. The van der Waals surface area contributed by atoms with Gasteiger partial charge in [-0.1, -0.05) is 5.16 Å². The van der Waals surface area contributed by atoms with Crippen molar-refractivity contribution in [3.63, 3.8) is 0 Å². The van der Waals surface area contributed by atoms with Crippen LogP contribution in [0.1, 0.15) is 20.3 Å². The number of amidine groups is 1. The van der Waals surface area contributed by atoms with Gasteiger partial charge in [-0.3, -0.25) is 9.59 Å². The summed E-state index contributed by atoms with van der Waals surface area (Å²) in [6.45, 7) is 4.97. The molecule has 0 radical (unpaired) electrons. The SMILES string of the molecule is CCN(CC)C(=O)CN(C)C(=O)C/C(N)=N/O. The fourth-order valence-electron chi connectivity index (χ4n) is 1.29. The van der Waals surface area contributed by atoms with E-state index in [0.29, 0.717) is 13.1 Å². The van der Waals surface area contributed by atoms with Crippen LogP contribution in [0.3, 0.4) is 0 Å². The molecule has 0 aliphatic carbocycles. The highest BCUT2D eigenvalue weighted by molar-refractivity contribution is 5.99. The second kappa shape index (κ2) is 7.48. The Kier molecular flexibility index (Phi) is 6.69. The first-order valence-corrected chi connectivity index (χ1v) is 5.44. The highest BCUT2D eigenvalue weighted by Gasteiger charge is 2.17. The number of carbonyl (C=O) groups is 2. The molecule has 17 heavy (non-hydrogen) atoms. The van der Waals surface area contributed by atoms with Crippen LogP contribution in [-0.2, 0) is 9.59 Å². The van der Waals surface area contributed by atoms with Gasteiger partial charge in [0.1, 0.15) is 5.84 Å². The quantitative estimate of drug-likeness (QED) is 0.283.